The van der Waals surface area contributed by atoms with Gasteiger partial charge in [0.2, 0.25) is 0 Å². The van der Waals surface area contributed by atoms with Crippen LogP contribution in [0.5, 0.6) is 0 Å². The molecule has 0 saturated carbocycles. The zero-order chi connectivity index (χ0) is 11.0. The highest BCUT2D eigenvalue weighted by molar-refractivity contribution is 5.77. The van der Waals surface area contributed by atoms with Crippen molar-refractivity contribution in [3.8, 4) is 11.1 Å². The third-order valence-corrected chi connectivity index (χ3v) is 3.33. The van der Waals surface area contributed by atoms with Crippen LogP contribution in [0.3, 0.4) is 0 Å². The Labute approximate surface area is 96.9 Å². The molecule has 0 atom stereocenters. The first-order valence-electron chi connectivity index (χ1n) is 5.88. The van der Waals surface area contributed by atoms with Gasteiger partial charge in [-0.1, -0.05) is 49.4 Å². The molecule has 0 aromatic heterocycles. The van der Waals surface area contributed by atoms with Crippen molar-refractivity contribution in [1.82, 2.24) is 0 Å². The fourth-order valence-corrected chi connectivity index (χ4v) is 2.53. The van der Waals surface area contributed by atoms with Crippen LogP contribution in [0.25, 0.3) is 11.1 Å². The molecule has 0 saturated heterocycles. The van der Waals surface area contributed by atoms with Crippen LogP contribution in [-0.4, -0.2) is 0 Å². The molecule has 0 spiro atoms. The number of benzene rings is 2. The van der Waals surface area contributed by atoms with Gasteiger partial charge >= 0.3 is 0 Å². The minimum absolute atomic E-state index is 0.973. The van der Waals surface area contributed by atoms with Gasteiger partial charge in [-0.05, 0) is 47.1 Å². The predicted octanol–water partition coefficient (Wildman–Crippen LogP) is 4.02. The second-order valence-corrected chi connectivity index (χ2v) is 4.43. The largest absolute Gasteiger partial charge is 0.0619 e. The summed E-state index contributed by atoms with van der Waals surface area (Å²) in [7, 11) is 0. The Kier molecular flexibility index (Phi) is 2.28. The van der Waals surface area contributed by atoms with E-state index < -0.39 is 0 Å². The lowest BCUT2D eigenvalue weighted by Gasteiger charge is -2.04. The van der Waals surface area contributed by atoms with Crippen molar-refractivity contribution < 1.29 is 0 Å². The number of rotatable bonds is 2. The Morgan fingerprint density at radius 1 is 0.938 bits per heavy atom. The minimum Gasteiger partial charge on any atom is -0.0619 e. The van der Waals surface area contributed by atoms with Gasteiger partial charge in [0.05, 0.1) is 0 Å². The summed E-state index contributed by atoms with van der Waals surface area (Å²) in [5, 5.41) is 0. The Bertz CT molecular complexity index is 523. The van der Waals surface area contributed by atoms with Gasteiger partial charge in [0, 0.05) is 0 Å². The lowest BCUT2D eigenvalue weighted by Crippen LogP contribution is -1.86. The van der Waals surface area contributed by atoms with Crippen LogP contribution < -0.4 is 0 Å². The quantitative estimate of drug-likeness (QED) is 0.595. The molecular weight excluding hydrogens is 192 g/mol. The molecule has 0 bridgehead atoms. The molecule has 1 aliphatic carbocycles. The molecule has 0 heterocycles. The summed E-state index contributed by atoms with van der Waals surface area (Å²) in [5.41, 5.74) is 7.19. The van der Waals surface area contributed by atoms with Gasteiger partial charge < -0.3 is 0 Å². The van der Waals surface area contributed by atoms with Gasteiger partial charge in [0.15, 0.2) is 0 Å². The van der Waals surface area contributed by atoms with Gasteiger partial charge in [-0.3, -0.25) is 0 Å². The van der Waals surface area contributed by atoms with Crippen LogP contribution in [0, 0.1) is 6.92 Å². The van der Waals surface area contributed by atoms with Crippen molar-refractivity contribution >= 4 is 0 Å². The maximum absolute atomic E-state index is 3.92. The molecule has 1 aliphatic rings. The van der Waals surface area contributed by atoms with Crippen LogP contribution in [0.4, 0.5) is 0 Å². The van der Waals surface area contributed by atoms with Gasteiger partial charge in [-0.15, -0.1) is 0 Å². The monoisotopic (exact) mass is 207 g/mol. The highest BCUT2D eigenvalue weighted by Gasteiger charge is 2.17. The Morgan fingerprint density at radius 2 is 1.75 bits per heavy atom. The number of aryl methyl sites for hydroxylation is 1. The average molecular weight is 207 g/mol. The zero-order valence-electron chi connectivity index (χ0n) is 9.37. The van der Waals surface area contributed by atoms with Gasteiger partial charge in [-0.2, -0.15) is 0 Å². The van der Waals surface area contributed by atoms with E-state index in [0.717, 1.165) is 19.3 Å². The molecule has 3 rings (SSSR count). The van der Waals surface area contributed by atoms with Crippen LogP contribution in [-0.2, 0) is 12.8 Å². The highest BCUT2D eigenvalue weighted by Crippen LogP contribution is 2.36. The summed E-state index contributed by atoms with van der Waals surface area (Å²) >= 11 is 0. The third kappa shape index (κ3) is 1.46. The first kappa shape index (κ1) is 9.65. The summed E-state index contributed by atoms with van der Waals surface area (Å²) in [5.74, 6) is 0. The predicted molar refractivity (Wildman–Crippen MR) is 68.4 cm³/mol. The van der Waals surface area contributed by atoms with Gasteiger partial charge in [-0.25, -0.2) is 0 Å². The summed E-state index contributed by atoms with van der Waals surface area (Å²) in [4.78, 5) is 0. The molecule has 2 aromatic carbocycles. The van der Waals surface area contributed by atoms with E-state index in [0.29, 0.717) is 0 Å². The lowest BCUT2D eigenvalue weighted by atomic mass is 10.0. The first-order chi connectivity index (χ1) is 7.88. The molecule has 0 amide bonds. The second-order valence-electron chi connectivity index (χ2n) is 4.43. The summed E-state index contributed by atoms with van der Waals surface area (Å²) in [6, 6.07) is 15.6. The van der Waals surface area contributed by atoms with E-state index in [4.69, 9.17) is 0 Å². The zero-order valence-corrected chi connectivity index (χ0v) is 9.37. The van der Waals surface area contributed by atoms with Crippen LogP contribution in [0.1, 0.15) is 23.1 Å². The summed E-state index contributed by atoms with van der Waals surface area (Å²) < 4.78 is 0. The maximum atomic E-state index is 3.92. The average Bonchev–Trinajstić information content (AvgIpc) is 2.68. The molecule has 1 radical (unpaired) electrons. The smallest absolute Gasteiger partial charge is 0.00135 e. The van der Waals surface area contributed by atoms with E-state index in [1.54, 1.807) is 0 Å². The molecule has 2 aromatic rings. The Balaban J connectivity index is 2.11. The van der Waals surface area contributed by atoms with Gasteiger partial charge in [0.1, 0.15) is 0 Å². The van der Waals surface area contributed by atoms with Crippen LogP contribution in [0.2, 0.25) is 0 Å². The molecule has 16 heavy (non-hydrogen) atoms. The van der Waals surface area contributed by atoms with E-state index in [-0.39, 0.29) is 0 Å². The Hall–Kier alpha value is -1.56. The van der Waals surface area contributed by atoms with Crippen molar-refractivity contribution in [2.75, 3.05) is 0 Å². The molecule has 0 nitrogen and oxygen atoms in total. The maximum Gasteiger partial charge on any atom is -0.00135 e. The van der Waals surface area contributed by atoms with Crippen molar-refractivity contribution in [3.05, 3.63) is 66.1 Å². The normalized spacial score (nSPS) is 12.3. The molecular formula is C16H15. The molecule has 0 N–H and O–H groups in total. The van der Waals surface area contributed by atoms with Crippen LogP contribution >= 0.6 is 0 Å². The Morgan fingerprint density at radius 3 is 2.62 bits per heavy atom. The van der Waals surface area contributed by atoms with Gasteiger partial charge in [0.25, 0.3) is 0 Å². The van der Waals surface area contributed by atoms with Crippen molar-refractivity contribution in [2.45, 2.75) is 19.3 Å². The lowest BCUT2D eigenvalue weighted by molar-refractivity contribution is 0.998. The SMILES string of the molecule is [CH2]CCc1ccc2c(c1)-c1ccccc1C2. The van der Waals surface area contributed by atoms with E-state index in [1.807, 2.05) is 0 Å². The number of fused-ring (bicyclic) bond motifs is 3. The van der Waals surface area contributed by atoms with Crippen molar-refractivity contribution in [3.63, 3.8) is 0 Å². The topological polar surface area (TPSA) is 0 Å². The fourth-order valence-electron chi connectivity index (χ4n) is 2.53. The summed E-state index contributed by atoms with van der Waals surface area (Å²) in [6.45, 7) is 3.92. The van der Waals surface area contributed by atoms with E-state index in [1.165, 1.54) is 27.8 Å². The molecule has 0 aliphatic heterocycles. The second kappa shape index (κ2) is 3.79. The third-order valence-electron chi connectivity index (χ3n) is 3.33. The summed E-state index contributed by atoms with van der Waals surface area (Å²) in [6.07, 6.45) is 3.14. The standard InChI is InChI=1S/C16H15/c1-2-5-12-8-9-14-11-13-6-3-4-7-15(13)16(14)10-12/h3-4,6-10H,1-2,5,11H2. The van der Waals surface area contributed by atoms with Crippen LogP contribution in [0.15, 0.2) is 42.5 Å². The van der Waals surface area contributed by atoms with Crippen molar-refractivity contribution in [1.29, 1.82) is 0 Å². The minimum atomic E-state index is 0.973. The molecule has 79 valence electrons. The fraction of sp³-hybridized carbons (Fsp3) is 0.188. The van der Waals surface area contributed by atoms with E-state index in [9.17, 15) is 0 Å². The van der Waals surface area contributed by atoms with E-state index >= 15 is 0 Å². The molecule has 0 heteroatoms. The highest BCUT2D eigenvalue weighted by atomic mass is 14.2. The number of hydrogen-bond donors (Lipinski definition) is 0. The number of hydrogen-bond acceptors (Lipinski definition) is 0. The molecule has 0 unspecified atom stereocenters. The van der Waals surface area contributed by atoms with E-state index in [2.05, 4.69) is 49.4 Å². The molecule has 0 fully saturated rings. The first-order valence-corrected chi connectivity index (χ1v) is 5.88. The van der Waals surface area contributed by atoms with Crippen molar-refractivity contribution in [2.24, 2.45) is 0 Å².